The SMILES string of the molecule is CN1C(=O)CC(C(=O)NCc2cccc(OCC(=O)O)c2)C1c1cccs1. The standard InChI is InChI=1S/C19H20N2O5S/c1-21-16(22)9-14(18(21)15-6-3-7-27-15)19(25)20-10-12-4-2-5-13(8-12)26-11-17(23)24/h2-8,14,18H,9-11H2,1H3,(H,20,25)(H,23,24). The van der Waals surface area contributed by atoms with Gasteiger partial charge in [0.05, 0.1) is 12.0 Å². The molecule has 2 unspecified atom stereocenters. The number of rotatable bonds is 7. The van der Waals surface area contributed by atoms with Crippen LogP contribution in [0.15, 0.2) is 41.8 Å². The molecule has 8 heteroatoms. The van der Waals surface area contributed by atoms with E-state index in [1.165, 1.54) is 11.3 Å². The van der Waals surface area contributed by atoms with Gasteiger partial charge in [-0.1, -0.05) is 18.2 Å². The lowest BCUT2D eigenvalue weighted by atomic mass is 9.98. The van der Waals surface area contributed by atoms with Gasteiger partial charge >= 0.3 is 5.97 Å². The van der Waals surface area contributed by atoms with Crippen LogP contribution in [0.25, 0.3) is 0 Å². The molecule has 0 radical (unpaired) electrons. The highest BCUT2D eigenvalue weighted by Gasteiger charge is 2.43. The van der Waals surface area contributed by atoms with E-state index in [0.717, 1.165) is 10.4 Å². The zero-order chi connectivity index (χ0) is 19.4. The molecule has 1 aliphatic rings. The molecule has 1 aromatic heterocycles. The van der Waals surface area contributed by atoms with Gasteiger partial charge in [-0.2, -0.15) is 0 Å². The molecule has 7 nitrogen and oxygen atoms in total. The molecule has 3 rings (SSSR count). The monoisotopic (exact) mass is 388 g/mol. The fourth-order valence-electron chi connectivity index (χ4n) is 3.16. The van der Waals surface area contributed by atoms with Gasteiger partial charge in [0.2, 0.25) is 11.8 Å². The normalized spacial score (nSPS) is 19.1. The second-order valence-corrected chi connectivity index (χ2v) is 7.30. The molecule has 1 saturated heterocycles. The average molecular weight is 388 g/mol. The molecule has 2 amide bonds. The van der Waals surface area contributed by atoms with Crippen molar-refractivity contribution in [2.45, 2.75) is 19.0 Å². The Labute approximate surface area is 160 Å². The van der Waals surface area contributed by atoms with E-state index in [4.69, 9.17) is 9.84 Å². The van der Waals surface area contributed by atoms with E-state index in [1.54, 1.807) is 30.1 Å². The van der Waals surface area contributed by atoms with E-state index in [2.05, 4.69) is 5.32 Å². The van der Waals surface area contributed by atoms with Crippen molar-refractivity contribution >= 4 is 29.1 Å². The van der Waals surface area contributed by atoms with Crippen LogP contribution in [-0.2, 0) is 20.9 Å². The lowest BCUT2D eigenvalue weighted by molar-refractivity contribution is -0.139. The van der Waals surface area contributed by atoms with Crippen molar-refractivity contribution in [1.29, 1.82) is 0 Å². The first-order chi connectivity index (χ1) is 13.0. The van der Waals surface area contributed by atoms with Crippen molar-refractivity contribution in [3.8, 4) is 5.75 Å². The van der Waals surface area contributed by atoms with E-state index < -0.39 is 18.5 Å². The third kappa shape index (κ3) is 4.46. The third-order valence-corrected chi connectivity index (χ3v) is 5.43. The summed E-state index contributed by atoms with van der Waals surface area (Å²) in [6, 6.07) is 10.5. The van der Waals surface area contributed by atoms with Crippen LogP contribution in [0.5, 0.6) is 5.75 Å². The van der Waals surface area contributed by atoms with Gasteiger partial charge in [-0.25, -0.2) is 4.79 Å². The Hall–Kier alpha value is -2.87. The van der Waals surface area contributed by atoms with E-state index >= 15 is 0 Å². The molecule has 2 aromatic rings. The first kappa shape index (κ1) is 18.9. The number of thiophene rings is 1. The number of nitrogens with zero attached hydrogens (tertiary/aromatic N) is 1. The zero-order valence-electron chi connectivity index (χ0n) is 14.8. The number of carbonyl (C=O) groups excluding carboxylic acids is 2. The summed E-state index contributed by atoms with van der Waals surface area (Å²) in [7, 11) is 1.73. The molecule has 142 valence electrons. The lowest BCUT2D eigenvalue weighted by Gasteiger charge is -2.23. The third-order valence-electron chi connectivity index (χ3n) is 4.49. The largest absolute Gasteiger partial charge is 0.482 e. The number of benzene rings is 1. The molecular formula is C19H20N2O5S. The number of carboxylic acid groups (broad SMARTS) is 1. The first-order valence-electron chi connectivity index (χ1n) is 8.46. The molecule has 0 bridgehead atoms. The molecule has 0 saturated carbocycles. The summed E-state index contributed by atoms with van der Waals surface area (Å²) >= 11 is 1.53. The number of carboxylic acids is 1. The number of amides is 2. The van der Waals surface area contributed by atoms with E-state index in [0.29, 0.717) is 5.75 Å². The quantitative estimate of drug-likeness (QED) is 0.757. The van der Waals surface area contributed by atoms with Crippen molar-refractivity contribution in [1.82, 2.24) is 10.2 Å². The lowest BCUT2D eigenvalue weighted by Crippen LogP contribution is -2.33. The molecule has 0 spiro atoms. The molecule has 2 N–H and O–H groups in total. The average Bonchev–Trinajstić information content (AvgIpc) is 3.27. The summed E-state index contributed by atoms with van der Waals surface area (Å²) < 4.78 is 5.15. The molecule has 2 atom stereocenters. The second kappa shape index (κ2) is 8.22. The summed E-state index contributed by atoms with van der Waals surface area (Å²) in [6.45, 7) is -0.149. The summed E-state index contributed by atoms with van der Waals surface area (Å²) in [5, 5.41) is 13.5. The number of carbonyl (C=O) groups is 3. The topological polar surface area (TPSA) is 95.9 Å². The number of nitrogens with one attached hydrogen (secondary N) is 1. The molecule has 2 heterocycles. The van der Waals surface area contributed by atoms with Crippen LogP contribution in [0, 0.1) is 5.92 Å². The van der Waals surface area contributed by atoms with E-state index in [-0.39, 0.29) is 30.8 Å². The number of ether oxygens (including phenoxy) is 1. The Bertz CT molecular complexity index is 836. The predicted octanol–water partition coefficient (Wildman–Crippen LogP) is 2.05. The van der Waals surface area contributed by atoms with Crippen LogP contribution in [0.3, 0.4) is 0 Å². The van der Waals surface area contributed by atoms with Crippen molar-refractivity contribution < 1.29 is 24.2 Å². The van der Waals surface area contributed by atoms with Crippen LogP contribution >= 0.6 is 11.3 Å². The van der Waals surface area contributed by atoms with Crippen LogP contribution in [0.2, 0.25) is 0 Å². The maximum Gasteiger partial charge on any atom is 0.341 e. The summed E-state index contributed by atoms with van der Waals surface area (Å²) in [6.07, 6.45) is 0.187. The van der Waals surface area contributed by atoms with Crippen molar-refractivity contribution in [3.63, 3.8) is 0 Å². The van der Waals surface area contributed by atoms with Crippen molar-refractivity contribution in [3.05, 3.63) is 52.2 Å². The number of aliphatic carboxylic acids is 1. The van der Waals surface area contributed by atoms with Crippen LogP contribution in [0.4, 0.5) is 0 Å². The summed E-state index contributed by atoms with van der Waals surface area (Å²) in [5.41, 5.74) is 0.789. The zero-order valence-corrected chi connectivity index (χ0v) is 15.6. The number of hydrogen-bond donors (Lipinski definition) is 2. The number of likely N-dealkylation sites (tertiary alicyclic amines) is 1. The predicted molar refractivity (Wildman–Crippen MR) is 99.4 cm³/mol. The van der Waals surface area contributed by atoms with Crippen LogP contribution < -0.4 is 10.1 Å². The van der Waals surface area contributed by atoms with Crippen LogP contribution in [-0.4, -0.2) is 41.4 Å². The molecule has 27 heavy (non-hydrogen) atoms. The highest BCUT2D eigenvalue weighted by Crippen LogP contribution is 2.39. The van der Waals surface area contributed by atoms with Crippen LogP contribution in [0.1, 0.15) is 22.9 Å². The highest BCUT2D eigenvalue weighted by atomic mass is 32.1. The minimum atomic E-state index is -1.05. The number of hydrogen-bond acceptors (Lipinski definition) is 5. The fourth-order valence-corrected chi connectivity index (χ4v) is 4.10. The molecule has 1 fully saturated rings. The van der Waals surface area contributed by atoms with Gasteiger partial charge < -0.3 is 20.1 Å². The Kier molecular flexibility index (Phi) is 5.75. The van der Waals surface area contributed by atoms with Gasteiger partial charge in [-0.3, -0.25) is 9.59 Å². The van der Waals surface area contributed by atoms with Gasteiger partial charge in [0, 0.05) is 24.9 Å². The van der Waals surface area contributed by atoms with Gasteiger partial charge in [-0.05, 0) is 29.1 Å². The second-order valence-electron chi connectivity index (χ2n) is 6.32. The van der Waals surface area contributed by atoms with Crippen molar-refractivity contribution in [2.24, 2.45) is 5.92 Å². The summed E-state index contributed by atoms with van der Waals surface area (Å²) in [4.78, 5) is 38.1. The summed E-state index contributed by atoms with van der Waals surface area (Å²) in [5.74, 6) is -1.28. The Morgan fingerprint density at radius 2 is 2.15 bits per heavy atom. The van der Waals surface area contributed by atoms with Crippen molar-refractivity contribution in [2.75, 3.05) is 13.7 Å². The highest BCUT2D eigenvalue weighted by molar-refractivity contribution is 7.10. The van der Waals surface area contributed by atoms with E-state index in [9.17, 15) is 14.4 Å². The van der Waals surface area contributed by atoms with Gasteiger partial charge in [0.15, 0.2) is 6.61 Å². The van der Waals surface area contributed by atoms with Gasteiger partial charge in [-0.15, -0.1) is 11.3 Å². The maximum absolute atomic E-state index is 12.7. The first-order valence-corrected chi connectivity index (χ1v) is 9.34. The smallest absolute Gasteiger partial charge is 0.341 e. The van der Waals surface area contributed by atoms with Gasteiger partial charge in [0.25, 0.3) is 0 Å². The Morgan fingerprint density at radius 3 is 2.85 bits per heavy atom. The Balaban J connectivity index is 1.64. The minimum absolute atomic E-state index is 0.0439. The fraction of sp³-hybridized carbons (Fsp3) is 0.316. The maximum atomic E-state index is 12.7. The molecular weight excluding hydrogens is 368 g/mol. The molecule has 1 aromatic carbocycles. The Morgan fingerprint density at radius 1 is 1.33 bits per heavy atom. The minimum Gasteiger partial charge on any atom is -0.482 e. The molecule has 1 aliphatic heterocycles. The van der Waals surface area contributed by atoms with E-state index in [1.807, 2.05) is 23.6 Å². The molecule has 0 aliphatic carbocycles. The van der Waals surface area contributed by atoms with Gasteiger partial charge in [0.1, 0.15) is 5.75 Å².